The molecule has 0 aliphatic heterocycles. The van der Waals surface area contributed by atoms with Crippen LogP contribution >= 0.6 is 0 Å². The number of hydrogen-bond acceptors (Lipinski definition) is 2. The van der Waals surface area contributed by atoms with Crippen molar-refractivity contribution in [2.75, 3.05) is 0 Å². The Morgan fingerprint density at radius 3 is 3.09 bits per heavy atom. The van der Waals surface area contributed by atoms with Crippen molar-refractivity contribution in [3.05, 3.63) is 24.2 Å². The molecule has 0 saturated heterocycles. The van der Waals surface area contributed by atoms with Gasteiger partial charge in [0.2, 0.25) is 0 Å². The molecule has 1 aromatic heterocycles. The number of furan rings is 1. The van der Waals surface area contributed by atoms with Gasteiger partial charge in [-0.3, -0.25) is 0 Å². The minimum atomic E-state index is -0.482. The maximum atomic E-state index is 9.38. The lowest BCUT2D eigenvalue weighted by molar-refractivity contribution is 0.168. The van der Waals surface area contributed by atoms with E-state index in [1.54, 1.807) is 6.07 Å². The van der Waals surface area contributed by atoms with Gasteiger partial charge >= 0.3 is 0 Å². The van der Waals surface area contributed by atoms with Gasteiger partial charge < -0.3 is 9.52 Å². The van der Waals surface area contributed by atoms with E-state index in [9.17, 15) is 5.11 Å². The zero-order chi connectivity index (χ0) is 8.10. The fraction of sp³-hybridized carbons (Fsp3) is 0.333. The summed E-state index contributed by atoms with van der Waals surface area (Å²) < 4.78 is 4.80. The van der Waals surface area contributed by atoms with E-state index in [2.05, 4.69) is 5.92 Å². The summed E-state index contributed by atoms with van der Waals surface area (Å²) in [5, 5.41) is 9.38. The maximum Gasteiger partial charge on any atom is 0.0960 e. The first-order valence-corrected chi connectivity index (χ1v) is 3.48. The highest BCUT2D eigenvalue weighted by Crippen LogP contribution is 2.17. The molecule has 0 fully saturated rings. The Morgan fingerprint density at radius 2 is 2.55 bits per heavy atom. The van der Waals surface area contributed by atoms with Crippen molar-refractivity contribution in [2.24, 2.45) is 0 Å². The fourth-order valence-corrected chi connectivity index (χ4v) is 0.851. The SMILES string of the molecule is C#CCCC(O)c1ccoc1. The highest BCUT2D eigenvalue weighted by Gasteiger charge is 2.06. The summed E-state index contributed by atoms with van der Waals surface area (Å²) in [6.45, 7) is 0. The van der Waals surface area contributed by atoms with Crippen LogP contribution in [0, 0.1) is 12.3 Å². The molecular weight excluding hydrogens is 140 g/mol. The Balaban J connectivity index is 2.44. The highest BCUT2D eigenvalue weighted by atomic mass is 16.3. The van der Waals surface area contributed by atoms with Crippen molar-refractivity contribution >= 4 is 0 Å². The average molecular weight is 150 g/mol. The Labute approximate surface area is 65.8 Å². The average Bonchev–Trinajstić information content (AvgIpc) is 2.52. The van der Waals surface area contributed by atoms with Crippen LogP contribution < -0.4 is 0 Å². The highest BCUT2D eigenvalue weighted by molar-refractivity contribution is 5.09. The number of rotatable bonds is 3. The molecule has 2 nitrogen and oxygen atoms in total. The summed E-state index contributed by atoms with van der Waals surface area (Å²) in [6.07, 6.45) is 8.81. The normalized spacial score (nSPS) is 12.4. The van der Waals surface area contributed by atoms with Crippen molar-refractivity contribution in [2.45, 2.75) is 18.9 Å². The second-order valence-corrected chi connectivity index (χ2v) is 2.32. The third kappa shape index (κ3) is 2.14. The second kappa shape index (κ2) is 3.85. The van der Waals surface area contributed by atoms with E-state index in [-0.39, 0.29) is 0 Å². The molecule has 0 spiro atoms. The van der Waals surface area contributed by atoms with Gasteiger partial charge in [-0.05, 0) is 12.5 Å². The zero-order valence-electron chi connectivity index (χ0n) is 6.16. The molecule has 1 heterocycles. The molecule has 0 aliphatic rings. The van der Waals surface area contributed by atoms with Gasteiger partial charge in [-0.1, -0.05) is 0 Å². The van der Waals surface area contributed by atoms with E-state index < -0.39 is 6.10 Å². The predicted octanol–water partition coefficient (Wildman–Crippen LogP) is 1.73. The van der Waals surface area contributed by atoms with Gasteiger partial charge in [0.1, 0.15) is 0 Å². The van der Waals surface area contributed by atoms with Crippen molar-refractivity contribution in [1.29, 1.82) is 0 Å². The molecule has 58 valence electrons. The minimum absolute atomic E-state index is 0.482. The molecule has 0 aliphatic carbocycles. The molecule has 1 unspecified atom stereocenters. The predicted molar refractivity (Wildman–Crippen MR) is 41.7 cm³/mol. The fourth-order valence-electron chi connectivity index (χ4n) is 0.851. The first kappa shape index (κ1) is 7.90. The first-order chi connectivity index (χ1) is 5.34. The second-order valence-electron chi connectivity index (χ2n) is 2.32. The number of terminal acetylenes is 1. The van der Waals surface area contributed by atoms with Gasteiger partial charge in [0.15, 0.2) is 0 Å². The van der Waals surface area contributed by atoms with Crippen LogP contribution in [0.5, 0.6) is 0 Å². The molecular formula is C9H10O2. The van der Waals surface area contributed by atoms with Crippen LogP contribution in [0.15, 0.2) is 23.0 Å². The summed E-state index contributed by atoms with van der Waals surface area (Å²) in [5.41, 5.74) is 0.792. The summed E-state index contributed by atoms with van der Waals surface area (Å²) in [6, 6.07) is 1.74. The third-order valence-electron chi connectivity index (χ3n) is 1.49. The Morgan fingerprint density at radius 1 is 1.73 bits per heavy atom. The molecule has 1 aromatic rings. The molecule has 0 radical (unpaired) electrons. The van der Waals surface area contributed by atoms with E-state index in [1.807, 2.05) is 0 Å². The van der Waals surface area contributed by atoms with Gasteiger partial charge in [-0.25, -0.2) is 0 Å². The molecule has 1 atom stereocenters. The van der Waals surface area contributed by atoms with E-state index in [0.29, 0.717) is 12.8 Å². The molecule has 0 aromatic carbocycles. The van der Waals surface area contributed by atoms with Gasteiger partial charge in [0, 0.05) is 12.0 Å². The summed E-state index contributed by atoms with van der Waals surface area (Å²) in [4.78, 5) is 0. The van der Waals surface area contributed by atoms with Crippen LogP contribution in [0.2, 0.25) is 0 Å². The van der Waals surface area contributed by atoms with Crippen LogP contribution in [0.1, 0.15) is 24.5 Å². The minimum Gasteiger partial charge on any atom is -0.472 e. The van der Waals surface area contributed by atoms with Crippen LogP contribution in [0.3, 0.4) is 0 Å². The Kier molecular flexibility index (Phi) is 2.76. The Hall–Kier alpha value is -1.20. The van der Waals surface area contributed by atoms with Gasteiger partial charge in [-0.2, -0.15) is 0 Å². The summed E-state index contributed by atoms with van der Waals surface area (Å²) >= 11 is 0. The lowest BCUT2D eigenvalue weighted by Crippen LogP contribution is -1.93. The quantitative estimate of drug-likeness (QED) is 0.665. The molecule has 11 heavy (non-hydrogen) atoms. The molecule has 0 saturated carbocycles. The van der Waals surface area contributed by atoms with Crippen molar-refractivity contribution in [1.82, 2.24) is 0 Å². The van der Waals surface area contributed by atoms with Crippen LogP contribution in [-0.2, 0) is 0 Å². The van der Waals surface area contributed by atoms with Crippen LogP contribution in [0.25, 0.3) is 0 Å². The third-order valence-corrected chi connectivity index (χ3v) is 1.49. The Bertz CT molecular complexity index is 231. The van der Waals surface area contributed by atoms with E-state index in [1.165, 1.54) is 12.5 Å². The lowest BCUT2D eigenvalue weighted by Gasteiger charge is -2.03. The molecule has 1 N–H and O–H groups in total. The lowest BCUT2D eigenvalue weighted by atomic mass is 10.1. The van der Waals surface area contributed by atoms with Crippen LogP contribution in [-0.4, -0.2) is 5.11 Å². The smallest absolute Gasteiger partial charge is 0.0960 e. The first-order valence-electron chi connectivity index (χ1n) is 3.48. The summed E-state index contributed by atoms with van der Waals surface area (Å²) in [5.74, 6) is 2.47. The molecule has 2 heteroatoms. The van der Waals surface area contributed by atoms with E-state index in [0.717, 1.165) is 5.56 Å². The van der Waals surface area contributed by atoms with Crippen molar-refractivity contribution < 1.29 is 9.52 Å². The topological polar surface area (TPSA) is 33.4 Å². The standard InChI is InChI=1S/C9H10O2/c1-2-3-4-9(10)8-5-6-11-7-8/h1,5-7,9-10H,3-4H2. The summed E-state index contributed by atoms with van der Waals surface area (Å²) in [7, 11) is 0. The monoisotopic (exact) mass is 150 g/mol. The number of hydrogen-bond donors (Lipinski definition) is 1. The number of aliphatic hydroxyl groups is 1. The van der Waals surface area contributed by atoms with Crippen molar-refractivity contribution in [3.63, 3.8) is 0 Å². The molecule has 0 bridgehead atoms. The maximum absolute atomic E-state index is 9.38. The zero-order valence-corrected chi connectivity index (χ0v) is 6.16. The van der Waals surface area contributed by atoms with Crippen molar-refractivity contribution in [3.8, 4) is 12.3 Å². The number of aliphatic hydroxyl groups excluding tert-OH is 1. The molecule has 1 rings (SSSR count). The largest absolute Gasteiger partial charge is 0.472 e. The van der Waals surface area contributed by atoms with Gasteiger partial charge in [0.05, 0.1) is 18.6 Å². The van der Waals surface area contributed by atoms with Crippen LogP contribution in [0.4, 0.5) is 0 Å². The van der Waals surface area contributed by atoms with Gasteiger partial charge in [-0.15, -0.1) is 12.3 Å². The van der Waals surface area contributed by atoms with E-state index in [4.69, 9.17) is 10.8 Å². The molecule has 0 amide bonds. The van der Waals surface area contributed by atoms with Gasteiger partial charge in [0.25, 0.3) is 0 Å². The van der Waals surface area contributed by atoms with E-state index >= 15 is 0 Å².